The molecule has 0 saturated carbocycles. The lowest BCUT2D eigenvalue weighted by atomic mass is 10.0. The number of aromatic amines is 1. The number of hydrogen-bond donors (Lipinski definition) is 1. The second-order valence-corrected chi connectivity index (χ2v) is 7.99. The highest BCUT2D eigenvalue weighted by molar-refractivity contribution is 5.64. The van der Waals surface area contributed by atoms with Crippen molar-refractivity contribution >= 4 is 0 Å². The van der Waals surface area contributed by atoms with Crippen LogP contribution in [0.1, 0.15) is 27.9 Å². The highest BCUT2D eigenvalue weighted by Gasteiger charge is 2.21. The van der Waals surface area contributed by atoms with Crippen molar-refractivity contribution in [2.24, 2.45) is 0 Å². The maximum Gasteiger partial charge on any atom is 0.0972 e. The van der Waals surface area contributed by atoms with Gasteiger partial charge in [-0.25, -0.2) is 4.68 Å². The summed E-state index contributed by atoms with van der Waals surface area (Å²) in [6, 6.07) is 17.1. The lowest BCUT2D eigenvalue weighted by Crippen LogP contribution is -2.29. The molecule has 0 saturated heterocycles. The molecule has 0 aliphatic carbocycles. The smallest absolute Gasteiger partial charge is 0.0972 e. The van der Waals surface area contributed by atoms with Crippen LogP contribution in [0.25, 0.3) is 16.9 Å². The minimum absolute atomic E-state index is 0.875. The molecule has 5 rings (SSSR count). The fourth-order valence-electron chi connectivity index (χ4n) is 4.05. The Kier molecular flexibility index (Phi) is 4.52. The Labute approximate surface area is 171 Å². The SMILES string of the molecule is Cc1ccc(-n2cc(CN3CCc4[nH]ncc4C3)c(-c3cccc(C)c3)n2)cc1. The molecule has 0 atom stereocenters. The van der Waals surface area contributed by atoms with Crippen molar-refractivity contribution in [3.63, 3.8) is 0 Å². The van der Waals surface area contributed by atoms with E-state index in [1.54, 1.807) is 0 Å². The van der Waals surface area contributed by atoms with E-state index in [0.29, 0.717) is 0 Å². The van der Waals surface area contributed by atoms with Gasteiger partial charge in [0.25, 0.3) is 0 Å². The summed E-state index contributed by atoms with van der Waals surface area (Å²) in [4.78, 5) is 2.48. The van der Waals surface area contributed by atoms with E-state index in [2.05, 4.69) is 83.7 Å². The number of nitrogens with one attached hydrogen (secondary N) is 1. The number of rotatable bonds is 4. The van der Waals surface area contributed by atoms with Crippen LogP contribution in [0.5, 0.6) is 0 Å². The minimum atomic E-state index is 0.875. The van der Waals surface area contributed by atoms with Crippen molar-refractivity contribution in [3.05, 3.63) is 88.9 Å². The van der Waals surface area contributed by atoms with Crippen LogP contribution >= 0.6 is 0 Å². The first kappa shape index (κ1) is 17.9. The molecule has 0 fully saturated rings. The normalized spacial score (nSPS) is 14.1. The molecule has 2 aromatic heterocycles. The van der Waals surface area contributed by atoms with E-state index in [-0.39, 0.29) is 0 Å². The number of fused-ring (bicyclic) bond motifs is 1. The van der Waals surface area contributed by atoms with Gasteiger partial charge in [0.2, 0.25) is 0 Å². The van der Waals surface area contributed by atoms with Gasteiger partial charge in [-0.3, -0.25) is 10.00 Å². The average molecular weight is 383 g/mol. The zero-order valence-electron chi connectivity index (χ0n) is 16.9. The van der Waals surface area contributed by atoms with Gasteiger partial charge < -0.3 is 0 Å². The fourth-order valence-corrected chi connectivity index (χ4v) is 4.05. The number of aromatic nitrogens is 4. The van der Waals surface area contributed by atoms with Crippen molar-refractivity contribution in [2.75, 3.05) is 6.54 Å². The summed E-state index contributed by atoms with van der Waals surface area (Å²) >= 11 is 0. The average Bonchev–Trinajstić information content (AvgIpc) is 3.35. The molecule has 4 aromatic rings. The Hall–Kier alpha value is -3.18. The minimum Gasteiger partial charge on any atom is -0.294 e. The van der Waals surface area contributed by atoms with Gasteiger partial charge in [-0.05, 0) is 32.0 Å². The summed E-state index contributed by atoms with van der Waals surface area (Å²) in [5.74, 6) is 0. The van der Waals surface area contributed by atoms with Gasteiger partial charge in [-0.15, -0.1) is 0 Å². The Bertz CT molecular complexity index is 1140. The molecule has 0 unspecified atom stereocenters. The molecule has 1 N–H and O–H groups in total. The van der Waals surface area contributed by atoms with Crippen molar-refractivity contribution in [3.8, 4) is 16.9 Å². The van der Waals surface area contributed by atoms with Crippen molar-refractivity contribution in [1.82, 2.24) is 24.9 Å². The van der Waals surface area contributed by atoms with Crippen LogP contribution < -0.4 is 0 Å². The van der Waals surface area contributed by atoms with Gasteiger partial charge in [0.1, 0.15) is 0 Å². The van der Waals surface area contributed by atoms with E-state index in [0.717, 1.165) is 37.4 Å². The fraction of sp³-hybridized carbons (Fsp3) is 0.250. The molecule has 5 heteroatoms. The molecule has 3 heterocycles. The van der Waals surface area contributed by atoms with Crippen LogP contribution in [-0.2, 0) is 19.5 Å². The van der Waals surface area contributed by atoms with Crippen molar-refractivity contribution < 1.29 is 0 Å². The van der Waals surface area contributed by atoms with Gasteiger partial charge in [-0.1, -0.05) is 41.5 Å². The zero-order valence-corrected chi connectivity index (χ0v) is 16.9. The van der Waals surface area contributed by atoms with E-state index >= 15 is 0 Å². The number of aryl methyl sites for hydroxylation is 2. The van der Waals surface area contributed by atoms with E-state index in [1.807, 2.05) is 10.9 Å². The largest absolute Gasteiger partial charge is 0.294 e. The van der Waals surface area contributed by atoms with Gasteiger partial charge in [0, 0.05) is 54.6 Å². The monoisotopic (exact) mass is 383 g/mol. The number of H-pyrrole nitrogens is 1. The van der Waals surface area contributed by atoms with Gasteiger partial charge in [-0.2, -0.15) is 10.2 Å². The van der Waals surface area contributed by atoms with Gasteiger partial charge >= 0.3 is 0 Å². The third kappa shape index (κ3) is 3.61. The number of hydrogen-bond acceptors (Lipinski definition) is 3. The molecule has 1 aliphatic heterocycles. The molecule has 0 radical (unpaired) electrons. The zero-order chi connectivity index (χ0) is 19.8. The summed E-state index contributed by atoms with van der Waals surface area (Å²) in [7, 11) is 0. The topological polar surface area (TPSA) is 49.7 Å². The van der Waals surface area contributed by atoms with Gasteiger partial charge in [0.15, 0.2) is 0 Å². The first-order valence-corrected chi connectivity index (χ1v) is 10.1. The van der Waals surface area contributed by atoms with E-state index in [1.165, 1.54) is 33.5 Å². The first-order valence-electron chi connectivity index (χ1n) is 10.1. The molecule has 0 amide bonds. The third-order valence-corrected chi connectivity index (χ3v) is 5.65. The quantitative estimate of drug-likeness (QED) is 0.567. The standard InChI is InChI=1S/C24H25N5/c1-17-6-8-22(9-7-17)29-16-21(24(27-29)19-5-3-4-18(2)12-19)15-28-11-10-23-20(14-28)13-25-26-23/h3-9,12-13,16H,10-11,14-15H2,1-2H3,(H,25,26). The summed E-state index contributed by atoms with van der Waals surface area (Å²) < 4.78 is 2.01. The van der Waals surface area contributed by atoms with Crippen LogP contribution in [0.3, 0.4) is 0 Å². The molecule has 0 spiro atoms. The maximum atomic E-state index is 4.99. The van der Waals surface area contributed by atoms with Gasteiger partial charge in [0.05, 0.1) is 17.6 Å². The summed E-state index contributed by atoms with van der Waals surface area (Å²) in [5.41, 5.74) is 9.66. The first-order chi connectivity index (χ1) is 14.2. The molecule has 2 aromatic carbocycles. The maximum absolute atomic E-state index is 4.99. The number of benzene rings is 2. The molecule has 1 aliphatic rings. The second kappa shape index (κ2) is 7.33. The summed E-state index contributed by atoms with van der Waals surface area (Å²) in [5, 5.41) is 12.3. The van der Waals surface area contributed by atoms with Crippen LogP contribution in [0, 0.1) is 13.8 Å². The Morgan fingerprint density at radius 2 is 1.90 bits per heavy atom. The lowest BCUT2D eigenvalue weighted by Gasteiger charge is -2.26. The highest BCUT2D eigenvalue weighted by Crippen LogP contribution is 2.27. The molecule has 5 nitrogen and oxygen atoms in total. The van der Waals surface area contributed by atoms with E-state index < -0.39 is 0 Å². The highest BCUT2D eigenvalue weighted by atomic mass is 15.3. The van der Waals surface area contributed by atoms with E-state index in [4.69, 9.17) is 5.10 Å². The molecular formula is C24H25N5. The Morgan fingerprint density at radius 3 is 2.72 bits per heavy atom. The number of nitrogens with zero attached hydrogens (tertiary/aromatic N) is 4. The van der Waals surface area contributed by atoms with E-state index in [9.17, 15) is 0 Å². The predicted octanol–water partition coefficient (Wildman–Crippen LogP) is 4.44. The molecule has 146 valence electrons. The molecular weight excluding hydrogens is 358 g/mol. The molecule has 0 bridgehead atoms. The van der Waals surface area contributed by atoms with Crippen LogP contribution in [0.4, 0.5) is 0 Å². The third-order valence-electron chi connectivity index (χ3n) is 5.65. The summed E-state index contributed by atoms with van der Waals surface area (Å²) in [6.07, 6.45) is 5.16. The van der Waals surface area contributed by atoms with Crippen molar-refractivity contribution in [2.45, 2.75) is 33.4 Å². The predicted molar refractivity (Wildman–Crippen MR) is 115 cm³/mol. The second-order valence-electron chi connectivity index (χ2n) is 7.99. The molecule has 29 heavy (non-hydrogen) atoms. The Morgan fingerprint density at radius 1 is 1.03 bits per heavy atom. The van der Waals surface area contributed by atoms with Crippen LogP contribution in [0.2, 0.25) is 0 Å². The van der Waals surface area contributed by atoms with Crippen molar-refractivity contribution in [1.29, 1.82) is 0 Å². The van der Waals surface area contributed by atoms with Crippen LogP contribution in [-0.4, -0.2) is 31.4 Å². The summed E-state index contributed by atoms with van der Waals surface area (Å²) in [6.45, 7) is 7.06. The van der Waals surface area contributed by atoms with Crippen LogP contribution in [0.15, 0.2) is 60.9 Å². The lowest BCUT2D eigenvalue weighted by molar-refractivity contribution is 0.245. The Balaban J connectivity index is 1.51.